The van der Waals surface area contributed by atoms with E-state index in [1.54, 1.807) is 12.1 Å². The minimum atomic E-state index is -3.45. The zero-order chi connectivity index (χ0) is 16.6. The van der Waals surface area contributed by atoms with E-state index in [1.807, 2.05) is 0 Å². The summed E-state index contributed by atoms with van der Waals surface area (Å²) in [7, 11) is -0.436. The van der Waals surface area contributed by atoms with Gasteiger partial charge in [0.05, 0.1) is 18.5 Å². The molecule has 8 nitrogen and oxygen atoms in total. The van der Waals surface area contributed by atoms with Crippen LogP contribution in [0.1, 0.15) is 21.1 Å². The van der Waals surface area contributed by atoms with Crippen LogP contribution in [0.3, 0.4) is 0 Å². The number of anilines is 1. The third-order valence-corrected chi connectivity index (χ3v) is 6.33. The Morgan fingerprint density at radius 1 is 1.48 bits per heavy atom. The molecule has 3 heterocycles. The Hall–Kier alpha value is -1.75. The van der Waals surface area contributed by atoms with Crippen LogP contribution in [0.2, 0.25) is 0 Å². The predicted molar refractivity (Wildman–Crippen MR) is 85.5 cm³/mol. The second-order valence-electron chi connectivity index (χ2n) is 5.19. The standard InChI is InChI=1S/C13H16N4O4S2/c1-16(2)23(19,20)17-6-5-9-11(8-17)22-13(14-9)15-12(18)10-4-3-7-21-10/h3-4,7H,5-6,8H2,1-2H3,(H,14,15,18). The molecule has 0 saturated heterocycles. The fourth-order valence-corrected chi connectivity index (χ4v) is 4.40. The van der Waals surface area contributed by atoms with Gasteiger partial charge in [-0.05, 0) is 12.1 Å². The van der Waals surface area contributed by atoms with Crippen LogP contribution in [0.4, 0.5) is 5.13 Å². The van der Waals surface area contributed by atoms with Crippen LogP contribution in [0, 0.1) is 0 Å². The Morgan fingerprint density at radius 3 is 2.91 bits per heavy atom. The summed E-state index contributed by atoms with van der Waals surface area (Å²) in [6.45, 7) is 0.646. The maximum absolute atomic E-state index is 12.2. The van der Waals surface area contributed by atoms with Gasteiger partial charge in [0.15, 0.2) is 10.9 Å². The van der Waals surface area contributed by atoms with Crippen LogP contribution >= 0.6 is 11.3 Å². The number of nitrogens with zero attached hydrogens (tertiary/aromatic N) is 3. The van der Waals surface area contributed by atoms with Gasteiger partial charge in [0.2, 0.25) is 0 Å². The summed E-state index contributed by atoms with van der Waals surface area (Å²) in [4.78, 5) is 17.2. The molecule has 0 saturated carbocycles. The smallest absolute Gasteiger partial charge is 0.293 e. The first kappa shape index (κ1) is 16.1. The second-order valence-corrected chi connectivity index (χ2v) is 8.42. The largest absolute Gasteiger partial charge is 0.459 e. The summed E-state index contributed by atoms with van der Waals surface area (Å²) in [6, 6.07) is 3.19. The molecule has 3 rings (SSSR count). The first-order valence-electron chi connectivity index (χ1n) is 6.89. The number of rotatable bonds is 4. The van der Waals surface area contributed by atoms with Crippen molar-refractivity contribution in [2.75, 3.05) is 26.0 Å². The summed E-state index contributed by atoms with van der Waals surface area (Å²) in [5, 5.41) is 3.12. The average molecular weight is 356 g/mol. The van der Waals surface area contributed by atoms with Crippen molar-refractivity contribution in [3.8, 4) is 0 Å². The van der Waals surface area contributed by atoms with Gasteiger partial charge >= 0.3 is 0 Å². The number of thiazole rings is 1. The molecule has 0 aliphatic carbocycles. The van der Waals surface area contributed by atoms with E-state index in [2.05, 4.69) is 10.3 Å². The third-order valence-electron chi connectivity index (χ3n) is 3.45. The van der Waals surface area contributed by atoms with Crippen LogP contribution in [-0.2, 0) is 23.2 Å². The van der Waals surface area contributed by atoms with Crippen molar-refractivity contribution in [2.24, 2.45) is 0 Å². The molecule has 1 N–H and O–H groups in total. The van der Waals surface area contributed by atoms with E-state index in [-0.39, 0.29) is 18.2 Å². The molecule has 23 heavy (non-hydrogen) atoms. The van der Waals surface area contributed by atoms with E-state index < -0.39 is 10.2 Å². The molecule has 124 valence electrons. The van der Waals surface area contributed by atoms with Crippen molar-refractivity contribution in [3.63, 3.8) is 0 Å². The van der Waals surface area contributed by atoms with E-state index >= 15 is 0 Å². The molecule has 0 spiro atoms. The van der Waals surface area contributed by atoms with E-state index in [9.17, 15) is 13.2 Å². The van der Waals surface area contributed by atoms with Crippen molar-refractivity contribution in [2.45, 2.75) is 13.0 Å². The van der Waals surface area contributed by atoms with Crippen LogP contribution < -0.4 is 5.32 Å². The number of nitrogens with one attached hydrogen (secondary N) is 1. The monoisotopic (exact) mass is 356 g/mol. The Labute approximate surface area is 137 Å². The molecule has 1 aliphatic heterocycles. The number of carbonyl (C=O) groups excluding carboxylic acids is 1. The molecule has 2 aromatic heterocycles. The lowest BCUT2D eigenvalue weighted by Gasteiger charge is -2.27. The number of aromatic nitrogens is 1. The summed E-state index contributed by atoms with van der Waals surface area (Å²) < 4.78 is 32.0. The van der Waals surface area contributed by atoms with Gasteiger partial charge in [0, 0.05) is 31.9 Å². The zero-order valence-electron chi connectivity index (χ0n) is 12.6. The summed E-state index contributed by atoms with van der Waals surface area (Å²) in [6.07, 6.45) is 1.95. The van der Waals surface area contributed by atoms with Crippen molar-refractivity contribution >= 4 is 32.6 Å². The van der Waals surface area contributed by atoms with E-state index in [4.69, 9.17) is 4.42 Å². The van der Waals surface area contributed by atoms with Crippen LogP contribution in [0.25, 0.3) is 0 Å². The number of hydrogen-bond acceptors (Lipinski definition) is 6. The predicted octanol–water partition coefficient (Wildman–Crippen LogP) is 1.15. The topological polar surface area (TPSA) is 95.8 Å². The van der Waals surface area contributed by atoms with Gasteiger partial charge in [-0.25, -0.2) is 4.98 Å². The van der Waals surface area contributed by atoms with Gasteiger partial charge in [0.25, 0.3) is 16.1 Å². The maximum atomic E-state index is 12.2. The number of carbonyl (C=O) groups is 1. The fraction of sp³-hybridized carbons (Fsp3) is 0.385. The molecule has 0 unspecified atom stereocenters. The average Bonchev–Trinajstić information content (AvgIpc) is 3.15. The molecule has 0 bridgehead atoms. The van der Waals surface area contributed by atoms with Gasteiger partial charge in [-0.3, -0.25) is 10.1 Å². The van der Waals surface area contributed by atoms with Gasteiger partial charge in [0.1, 0.15) is 0 Å². The summed E-state index contributed by atoms with van der Waals surface area (Å²) in [5.41, 5.74) is 0.829. The van der Waals surface area contributed by atoms with Gasteiger partial charge < -0.3 is 4.42 Å². The van der Waals surface area contributed by atoms with Crippen LogP contribution in [0.5, 0.6) is 0 Å². The third kappa shape index (κ3) is 3.15. The van der Waals surface area contributed by atoms with Gasteiger partial charge in [-0.2, -0.15) is 17.0 Å². The minimum Gasteiger partial charge on any atom is -0.459 e. The van der Waals surface area contributed by atoms with Gasteiger partial charge in [-0.1, -0.05) is 0 Å². The van der Waals surface area contributed by atoms with Crippen molar-refractivity contribution in [1.29, 1.82) is 0 Å². The van der Waals surface area contributed by atoms with Crippen molar-refractivity contribution < 1.29 is 17.6 Å². The van der Waals surface area contributed by atoms with Crippen molar-refractivity contribution in [1.82, 2.24) is 13.6 Å². The first-order chi connectivity index (χ1) is 10.9. The quantitative estimate of drug-likeness (QED) is 0.887. The molecule has 1 amide bonds. The highest BCUT2D eigenvalue weighted by Crippen LogP contribution is 2.30. The molecule has 0 fully saturated rings. The lowest BCUT2D eigenvalue weighted by molar-refractivity contribution is 0.0996. The number of fused-ring (bicyclic) bond motifs is 1. The summed E-state index contributed by atoms with van der Waals surface area (Å²) >= 11 is 1.28. The molecule has 2 aromatic rings. The highest BCUT2D eigenvalue weighted by Gasteiger charge is 2.30. The number of hydrogen-bond donors (Lipinski definition) is 1. The Kier molecular flexibility index (Phi) is 4.23. The summed E-state index contributed by atoms with van der Waals surface area (Å²) in [5.74, 6) is -0.172. The first-order valence-corrected chi connectivity index (χ1v) is 9.10. The highest BCUT2D eigenvalue weighted by molar-refractivity contribution is 7.86. The van der Waals surface area contributed by atoms with Crippen LogP contribution in [-0.4, -0.2) is 48.6 Å². The van der Waals surface area contributed by atoms with E-state index in [0.717, 1.165) is 10.6 Å². The number of furan rings is 1. The molecule has 10 heteroatoms. The second kappa shape index (κ2) is 6.04. The molecular weight excluding hydrogens is 340 g/mol. The highest BCUT2D eigenvalue weighted by atomic mass is 32.2. The molecule has 0 aromatic carbocycles. The zero-order valence-corrected chi connectivity index (χ0v) is 14.3. The maximum Gasteiger partial charge on any atom is 0.293 e. The molecule has 0 atom stereocenters. The Balaban J connectivity index is 1.75. The number of amides is 1. The SMILES string of the molecule is CN(C)S(=O)(=O)N1CCc2nc(NC(=O)c3ccco3)sc2C1. The minimum absolute atomic E-state index is 0.204. The van der Waals surface area contributed by atoms with E-state index in [0.29, 0.717) is 18.1 Å². The lowest BCUT2D eigenvalue weighted by Crippen LogP contribution is -2.42. The van der Waals surface area contributed by atoms with Crippen LogP contribution in [0.15, 0.2) is 22.8 Å². The normalized spacial score (nSPS) is 15.6. The molecular formula is C13H16N4O4S2. The Morgan fingerprint density at radius 2 is 2.26 bits per heavy atom. The Bertz CT molecular complexity index is 811. The molecule has 0 radical (unpaired) electrons. The van der Waals surface area contributed by atoms with E-state index in [1.165, 1.54) is 40.3 Å². The van der Waals surface area contributed by atoms with Gasteiger partial charge in [-0.15, -0.1) is 11.3 Å². The fourth-order valence-electron chi connectivity index (χ4n) is 2.22. The van der Waals surface area contributed by atoms with Crippen molar-refractivity contribution in [3.05, 3.63) is 34.7 Å². The molecule has 1 aliphatic rings. The lowest BCUT2D eigenvalue weighted by atomic mass is 10.2.